The number of carbonyl (C=O) groups is 4. The summed E-state index contributed by atoms with van der Waals surface area (Å²) >= 11 is 0. The van der Waals surface area contributed by atoms with Crippen molar-refractivity contribution in [2.75, 3.05) is 26.4 Å². The third-order valence-electron chi connectivity index (χ3n) is 6.20. The third-order valence-corrected chi connectivity index (χ3v) is 6.20. The number of amides is 3. The van der Waals surface area contributed by atoms with Crippen molar-refractivity contribution < 1.29 is 33.8 Å². The summed E-state index contributed by atoms with van der Waals surface area (Å²) in [6.45, 7) is 8.52. The first kappa shape index (κ1) is 29.3. The van der Waals surface area contributed by atoms with Crippen molar-refractivity contribution in [1.82, 2.24) is 20.7 Å². The van der Waals surface area contributed by atoms with Gasteiger partial charge in [-0.2, -0.15) is 0 Å². The molecule has 2 aliphatic heterocycles. The van der Waals surface area contributed by atoms with Crippen molar-refractivity contribution in [1.29, 1.82) is 0 Å². The summed E-state index contributed by atoms with van der Waals surface area (Å²) in [4.78, 5) is 59.7. The number of ether oxygens (including phenoxy) is 2. The van der Waals surface area contributed by atoms with Crippen molar-refractivity contribution in [3.63, 3.8) is 0 Å². The maximum Gasteiger partial charge on any atom is 0.419 e. The van der Waals surface area contributed by atoms with E-state index in [0.29, 0.717) is 34.9 Å². The lowest BCUT2D eigenvalue weighted by Crippen LogP contribution is -2.45. The van der Waals surface area contributed by atoms with Crippen LogP contribution in [0.3, 0.4) is 0 Å². The SMILES string of the molecule is CCCNC(=O)c1ccc(C)c(N=C2N=CNN3CC(C(=O)N(CC)C(=O)OCOC(=O)C(C)O)C(C)=C23)c1. The van der Waals surface area contributed by atoms with E-state index in [0.717, 1.165) is 16.9 Å². The molecular formula is C26H34N6O7. The number of hydrogen-bond acceptors (Lipinski definition) is 10. The number of fused-ring (bicyclic) bond motifs is 1. The molecule has 13 nitrogen and oxygen atoms in total. The number of esters is 1. The van der Waals surface area contributed by atoms with Crippen molar-refractivity contribution in [3.8, 4) is 0 Å². The number of aliphatic imine (C=N–C) groups is 2. The summed E-state index contributed by atoms with van der Waals surface area (Å²) in [6, 6.07) is 5.25. The van der Waals surface area contributed by atoms with Crippen LogP contribution in [0.1, 0.15) is 50.0 Å². The number of aliphatic hydroxyl groups is 1. The summed E-state index contributed by atoms with van der Waals surface area (Å²) in [7, 11) is 0. The normalized spacial score (nSPS) is 17.8. The van der Waals surface area contributed by atoms with E-state index >= 15 is 0 Å². The van der Waals surface area contributed by atoms with Crippen molar-refractivity contribution >= 4 is 41.7 Å². The number of aliphatic hydroxyl groups excluding tert-OH is 1. The number of rotatable bonds is 9. The van der Waals surface area contributed by atoms with Crippen LogP contribution in [0.15, 0.2) is 39.5 Å². The summed E-state index contributed by atoms with van der Waals surface area (Å²) in [6.07, 6.45) is -0.0672. The smallest absolute Gasteiger partial charge is 0.419 e. The van der Waals surface area contributed by atoms with E-state index in [1.165, 1.54) is 13.3 Å². The molecule has 39 heavy (non-hydrogen) atoms. The van der Waals surface area contributed by atoms with Gasteiger partial charge in [0.1, 0.15) is 18.1 Å². The number of nitrogens with zero attached hydrogens (tertiary/aromatic N) is 4. The van der Waals surface area contributed by atoms with Gasteiger partial charge in [-0.05, 0) is 57.4 Å². The van der Waals surface area contributed by atoms with Crippen LogP contribution >= 0.6 is 0 Å². The molecule has 0 fully saturated rings. The maximum atomic E-state index is 13.4. The van der Waals surface area contributed by atoms with E-state index < -0.39 is 36.8 Å². The molecule has 210 valence electrons. The summed E-state index contributed by atoms with van der Waals surface area (Å²) in [5.74, 6) is -2.00. The molecule has 3 amide bonds. The molecule has 13 heteroatoms. The molecule has 1 aromatic carbocycles. The van der Waals surface area contributed by atoms with Gasteiger partial charge in [-0.3, -0.25) is 20.0 Å². The Morgan fingerprint density at radius 3 is 2.67 bits per heavy atom. The van der Waals surface area contributed by atoms with Gasteiger partial charge >= 0.3 is 12.1 Å². The second-order valence-corrected chi connectivity index (χ2v) is 9.02. The van der Waals surface area contributed by atoms with E-state index in [1.54, 1.807) is 31.0 Å². The number of benzene rings is 1. The number of hydrogen-bond donors (Lipinski definition) is 3. The number of carbonyl (C=O) groups excluding carboxylic acids is 4. The first-order valence-electron chi connectivity index (χ1n) is 12.7. The van der Waals surface area contributed by atoms with E-state index in [9.17, 15) is 19.2 Å². The molecule has 0 spiro atoms. The molecule has 1 aromatic rings. The Morgan fingerprint density at radius 2 is 2.00 bits per heavy atom. The molecule has 3 N–H and O–H groups in total. The molecule has 0 radical (unpaired) electrons. The first-order valence-corrected chi connectivity index (χ1v) is 12.7. The van der Waals surface area contributed by atoms with Crippen molar-refractivity contribution in [2.45, 2.75) is 47.1 Å². The van der Waals surface area contributed by atoms with Crippen molar-refractivity contribution in [3.05, 3.63) is 40.6 Å². The number of hydrazine groups is 1. The van der Waals surface area contributed by atoms with Crippen LogP contribution in [0.25, 0.3) is 0 Å². The molecule has 0 saturated carbocycles. The van der Waals surface area contributed by atoms with E-state index in [-0.39, 0.29) is 19.0 Å². The Morgan fingerprint density at radius 1 is 1.26 bits per heavy atom. The fourth-order valence-corrected chi connectivity index (χ4v) is 3.99. The van der Waals surface area contributed by atoms with Gasteiger partial charge in [-0.1, -0.05) is 13.0 Å². The largest absolute Gasteiger partial charge is 0.426 e. The highest BCUT2D eigenvalue weighted by Crippen LogP contribution is 2.32. The van der Waals surface area contributed by atoms with E-state index in [1.807, 2.05) is 19.9 Å². The van der Waals surface area contributed by atoms with Crippen LogP contribution in [0, 0.1) is 12.8 Å². The average Bonchev–Trinajstić information content (AvgIpc) is 3.25. The van der Waals surface area contributed by atoms with Crippen molar-refractivity contribution in [2.24, 2.45) is 15.9 Å². The minimum Gasteiger partial charge on any atom is -0.426 e. The van der Waals surface area contributed by atoms with Crippen LogP contribution < -0.4 is 10.7 Å². The topological polar surface area (TPSA) is 162 Å². The van der Waals surface area contributed by atoms with Crippen LogP contribution in [0.4, 0.5) is 10.5 Å². The van der Waals surface area contributed by atoms with Gasteiger partial charge in [-0.25, -0.2) is 24.5 Å². The number of aryl methyl sites for hydroxylation is 1. The fourth-order valence-electron chi connectivity index (χ4n) is 3.99. The van der Waals surface area contributed by atoms with E-state index in [4.69, 9.17) is 14.8 Å². The number of amidine groups is 1. The molecule has 0 aliphatic carbocycles. The Balaban J connectivity index is 1.82. The van der Waals surface area contributed by atoms with Crippen LogP contribution in [-0.4, -0.2) is 83.6 Å². The average molecular weight is 543 g/mol. The molecule has 0 saturated heterocycles. The quantitative estimate of drug-likeness (QED) is 0.312. The van der Waals surface area contributed by atoms with Gasteiger partial charge < -0.3 is 19.9 Å². The van der Waals surface area contributed by atoms with E-state index in [2.05, 4.69) is 20.5 Å². The lowest BCUT2D eigenvalue weighted by Gasteiger charge is -2.26. The number of imide groups is 1. The van der Waals surface area contributed by atoms with Crippen LogP contribution in [-0.2, 0) is 19.1 Å². The standard InChI is InChI=1S/C26H34N6O7/c1-6-10-27-23(34)18-9-8-15(3)20(11-18)30-22-21-16(4)19(12-32(21)29-13-28-22)24(35)31(7-2)26(37)39-14-38-25(36)17(5)33/h8-9,11,13,17,19,33H,6-7,10,12,14H2,1-5H3,(H,27,34)(H,28,29,30). The second kappa shape index (κ2) is 13.0. The van der Waals surface area contributed by atoms with Gasteiger partial charge in [0.2, 0.25) is 12.7 Å². The fraction of sp³-hybridized carbons (Fsp3) is 0.462. The minimum atomic E-state index is -1.37. The summed E-state index contributed by atoms with van der Waals surface area (Å²) in [5.41, 5.74) is 6.11. The highest BCUT2D eigenvalue weighted by molar-refractivity contribution is 6.07. The predicted molar refractivity (Wildman–Crippen MR) is 142 cm³/mol. The molecule has 2 aliphatic rings. The zero-order chi connectivity index (χ0) is 28.7. The second-order valence-electron chi connectivity index (χ2n) is 9.02. The van der Waals surface area contributed by atoms with Gasteiger partial charge in [-0.15, -0.1) is 0 Å². The Labute approximate surface area is 226 Å². The Bertz CT molecular complexity index is 1220. The Kier molecular flexibility index (Phi) is 9.77. The monoisotopic (exact) mass is 542 g/mol. The highest BCUT2D eigenvalue weighted by atomic mass is 16.7. The maximum absolute atomic E-state index is 13.4. The van der Waals surface area contributed by atoms with Gasteiger partial charge in [0.15, 0.2) is 5.84 Å². The molecule has 2 unspecified atom stereocenters. The molecular weight excluding hydrogens is 508 g/mol. The summed E-state index contributed by atoms with van der Waals surface area (Å²) in [5, 5.41) is 13.7. The number of nitrogens with one attached hydrogen (secondary N) is 2. The molecule has 3 rings (SSSR count). The lowest BCUT2D eigenvalue weighted by atomic mass is 10.0. The van der Waals surface area contributed by atoms with Gasteiger partial charge in [0.05, 0.1) is 18.2 Å². The molecule has 2 heterocycles. The zero-order valence-electron chi connectivity index (χ0n) is 22.7. The molecule has 0 aromatic heterocycles. The minimum absolute atomic E-state index is 0.0259. The zero-order valence-corrected chi connectivity index (χ0v) is 22.7. The van der Waals surface area contributed by atoms with Gasteiger partial charge in [0, 0.05) is 18.7 Å². The van der Waals surface area contributed by atoms with Crippen LogP contribution in [0.5, 0.6) is 0 Å². The highest BCUT2D eigenvalue weighted by Gasteiger charge is 2.40. The molecule has 2 atom stereocenters. The first-order chi connectivity index (χ1) is 18.6. The third kappa shape index (κ3) is 6.79. The summed E-state index contributed by atoms with van der Waals surface area (Å²) < 4.78 is 9.54. The molecule has 0 bridgehead atoms. The lowest BCUT2D eigenvalue weighted by molar-refractivity contribution is -0.161. The van der Waals surface area contributed by atoms with Crippen LogP contribution in [0.2, 0.25) is 0 Å². The predicted octanol–water partition coefficient (Wildman–Crippen LogP) is 1.78. The van der Waals surface area contributed by atoms with Gasteiger partial charge in [0.25, 0.3) is 5.91 Å². The Hall–Kier alpha value is -4.26.